The first-order valence-corrected chi connectivity index (χ1v) is 9.71. The van der Waals surface area contributed by atoms with Crippen LogP contribution in [0, 0.1) is 0 Å². The van der Waals surface area contributed by atoms with E-state index in [0.29, 0.717) is 10.7 Å². The Morgan fingerprint density at radius 3 is 2.58 bits per heavy atom. The van der Waals surface area contributed by atoms with E-state index >= 15 is 0 Å². The molecule has 0 saturated carbocycles. The highest BCUT2D eigenvalue weighted by atomic mass is 35.5. The van der Waals surface area contributed by atoms with Crippen LogP contribution in [0.4, 0.5) is 5.69 Å². The van der Waals surface area contributed by atoms with Gasteiger partial charge in [-0.05, 0) is 37.3 Å². The summed E-state index contributed by atoms with van der Waals surface area (Å²) in [5.41, 5.74) is 1.50. The van der Waals surface area contributed by atoms with Crippen LogP contribution in [0.15, 0.2) is 53.4 Å². The van der Waals surface area contributed by atoms with Crippen LogP contribution in [0.25, 0.3) is 0 Å². The van der Waals surface area contributed by atoms with Crippen molar-refractivity contribution in [1.29, 1.82) is 0 Å². The molecule has 0 unspecified atom stereocenters. The molecule has 2 rings (SSSR count). The summed E-state index contributed by atoms with van der Waals surface area (Å²) in [6.45, 7) is 2.21. The standard InChI is InChI=1S/C17H19ClN2O3S/c1-12(13-5-3-6-14(18)9-13)19-11-17(21)20-15-7-4-8-16(10-15)24(2,22)23/h3-10,12,19H,11H2,1-2H3,(H,20,21)/p+1/t12-/m1/s1. The van der Waals surface area contributed by atoms with Crippen LogP contribution in [-0.4, -0.2) is 27.1 Å². The zero-order chi connectivity index (χ0) is 17.7. The first-order chi connectivity index (χ1) is 11.3. The van der Waals surface area contributed by atoms with Gasteiger partial charge in [0.25, 0.3) is 5.91 Å². The summed E-state index contributed by atoms with van der Waals surface area (Å²) in [6.07, 6.45) is 1.13. The maximum absolute atomic E-state index is 12.1. The number of nitrogens with one attached hydrogen (secondary N) is 1. The van der Waals surface area contributed by atoms with Crippen LogP contribution in [0.3, 0.4) is 0 Å². The van der Waals surface area contributed by atoms with E-state index in [2.05, 4.69) is 5.32 Å². The number of hydrogen-bond donors (Lipinski definition) is 2. The van der Waals surface area contributed by atoms with Crippen molar-refractivity contribution >= 4 is 33.0 Å². The molecule has 24 heavy (non-hydrogen) atoms. The summed E-state index contributed by atoms with van der Waals surface area (Å²) in [4.78, 5) is 12.2. The Morgan fingerprint density at radius 2 is 1.92 bits per heavy atom. The first kappa shape index (κ1) is 18.4. The summed E-state index contributed by atoms with van der Waals surface area (Å²) in [5.74, 6) is -0.200. The number of quaternary nitrogens is 1. The Kier molecular flexibility index (Phi) is 5.99. The topological polar surface area (TPSA) is 79.8 Å². The van der Waals surface area contributed by atoms with E-state index in [4.69, 9.17) is 11.6 Å². The number of carbonyl (C=O) groups is 1. The fraction of sp³-hybridized carbons (Fsp3) is 0.235. The van der Waals surface area contributed by atoms with Crippen LogP contribution in [0.5, 0.6) is 0 Å². The van der Waals surface area contributed by atoms with Crippen molar-refractivity contribution in [3.8, 4) is 0 Å². The summed E-state index contributed by atoms with van der Waals surface area (Å²) >= 11 is 5.97. The molecule has 7 heteroatoms. The highest BCUT2D eigenvalue weighted by Crippen LogP contribution is 2.16. The van der Waals surface area contributed by atoms with E-state index in [0.717, 1.165) is 11.8 Å². The van der Waals surface area contributed by atoms with Gasteiger partial charge in [-0.1, -0.05) is 29.8 Å². The maximum Gasteiger partial charge on any atom is 0.279 e. The molecule has 0 saturated heterocycles. The van der Waals surface area contributed by atoms with Gasteiger partial charge < -0.3 is 10.6 Å². The van der Waals surface area contributed by atoms with Crippen LogP contribution >= 0.6 is 11.6 Å². The van der Waals surface area contributed by atoms with Crippen molar-refractivity contribution in [2.24, 2.45) is 0 Å². The van der Waals surface area contributed by atoms with Crippen LogP contribution < -0.4 is 10.6 Å². The minimum Gasteiger partial charge on any atom is -0.333 e. The van der Waals surface area contributed by atoms with Crippen molar-refractivity contribution in [2.45, 2.75) is 17.9 Å². The normalized spacial score (nSPS) is 12.6. The second kappa shape index (κ2) is 7.79. The molecule has 5 nitrogen and oxygen atoms in total. The monoisotopic (exact) mass is 367 g/mol. The van der Waals surface area contributed by atoms with E-state index in [1.807, 2.05) is 30.4 Å². The van der Waals surface area contributed by atoms with Crippen LogP contribution in [-0.2, 0) is 14.6 Å². The molecule has 0 aliphatic carbocycles. The summed E-state index contributed by atoms with van der Waals surface area (Å²) in [7, 11) is -3.30. The van der Waals surface area contributed by atoms with Gasteiger partial charge in [0, 0.05) is 22.5 Å². The molecule has 2 aromatic carbocycles. The highest BCUT2D eigenvalue weighted by Gasteiger charge is 2.13. The molecule has 2 aromatic rings. The number of anilines is 1. The zero-order valence-electron chi connectivity index (χ0n) is 13.5. The summed E-state index contributed by atoms with van der Waals surface area (Å²) in [6, 6.07) is 13.8. The van der Waals surface area contributed by atoms with Crippen LogP contribution in [0.1, 0.15) is 18.5 Å². The van der Waals surface area contributed by atoms with Crippen molar-refractivity contribution in [1.82, 2.24) is 0 Å². The van der Waals surface area contributed by atoms with Crippen LogP contribution in [0.2, 0.25) is 5.02 Å². The lowest BCUT2D eigenvalue weighted by Crippen LogP contribution is -2.86. The predicted molar refractivity (Wildman–Crippen MR) is 94.8 cm³/mol. The quantitative estimate of drug-likeness (QED) is 0.819. The smallest absolute Gasteiger partial charge is 0.279 e. The Hall–Kier alpha value is -1.89. The van der Waals surface area contributed by atoms with Gasteiger partial charge in [0.2, 0.25) is 0 Å². The van der Waals surface area contributed by atoms with E-state index in [1.54, 1.807) is 18.2 Å². The van der Waals surface area contributed by atoms with Gasteiger partial charge >= 0.3 is 0 Å². The third-order valence-corrected chi connectivity index (χ3v) is 4.92. The van der Waals surface area contributed by atoms with Gasteiger partial charge in [0.15, 0.2) is 16.4 Å². The zero-order valence-corrected chi connectivity index (χ0v) is 15.1. The molecule has 3 N–H and O–H groups in total. The number of rotatable bonds is 6. The minimum absolute atomic E-state index is 0.0804. The Labute approximate surface area is 147 Å². The van der Waals surface area contributed by atoms with E-state index in [9.17, 15) is 13.2 Å². The number of amides is 1. The average Bonchev–Trinajstić information content (AvgIpc) is 2.52. The molecular formula is C17H20ClN2O3S+. The van der Waals surface area contributed by atoms with Crippen molar-refractivity contribution < 1.29 is 18.5 Å². The third kappa shape index (κ3) is 5.33. The van der Waals surface area contributed by atoms with Gasteiger partial charge in [-0.2, -0.15) is 0 Å². The summed E-state index contributed by atoms with van der Waals surface area (Å²) in [5, 5.41) is 5.26. The highest BCUT2D eigenvalue weighted by molar-refractivity contribution is 7.90. The molecular weight excluding hydrogens is 348 g/mol. The minimum atomic E-state index is -3.30. The number of halogens is 1. The van der Waals surface area contributed by atoms with Crippen molar-refractivity contribution in [2.75, 3.05) is 18.1 Å². The fourth-order valence-electron chi connectivity index (χ4n) is 2.23. The van der Waals surface area contributed by atoms with Gasteiger partial charge in [-0.25, -0.2) is 8.42 Å². The van der Waals surface area contributed by atoms with Crippen molar-refractivity contribution in [3.63, 3.8) is 0 Å². The lowest BCUT2D eigenvalue weighted by Gasteiger charge is -2.12. The second-order valence-corrected chi connectivity index (χ2v) is 8.08. The predicted octanol–water partition coefficient (Wildman–Crippen LogP) is 2.01. The lowest BCUT2D eigenvalue weighted by molar-refractivity contribution is -0.682. The SMILES string of the molecule is C[C@@H]([NH2+]CC(=O)Nc1cccc(S(C)(=O)=O)c1)c1cccc(Cl)c1. The molecule has 1 atom stereocenters. The van der Waals surface area contributed by atoms with E-state index in [-0.39, 0.29) is 23.4 Å². The van der Waals surface area contributed by atoms with Crippen molar-refractivity contribution in [3.05, 3.63) is 59.1 Å². The molecule has 128 valence electrons. The number of hydrogen-bond acceptors (Lipinski definition) is 3. The fourth-order valence-corrected chi connectivity index (χ4v) is 3.09. The van der Waals surface area contributed by atoms with Gasteiger partial charge in [-0.15, -0.1) is 0 Å². The Morgan fingerprint density at radius 1 is 1.21 bits per heavy atom. The average molecular weight is 368 g/mol. The van der Waals surface area contributed by atoms with Gasteiger partial charge in [0.05, 0.1) is 4.90 Å². The molecule has 0 heterocycles. The van der Waals surface area contributed by atoms with E-state index < -0.39 is 9.84 Å². The van der Waals surface area contributed by atoms with Gasteiger partial charge in [-0.3, -0.25) is 4.79 Å². The molecule has 0 spiro atoms. The maximum atomic E-state index is 12.1. The third-order valence-electron chi connectivity index (χ3n) is 3.58. The molecule has 0 aromatic heterocycles. The second-order valence-electron chi connectivity index (χ2n) is 5.63. The lowest BCUT2D eigenvalue weighted by atomic mass is 10.1. The number of nitrogens with two attached hydrogens (primary N) is 1. The first-order valence-electron chi connectivity index (χ1n) is 7.44. The number of sulfone groups is 1. The Balaban J connectivity index is 1.94. The Bertz CT molecular complexity index is 837. The molecule has 0 aliphatic rings. The largest absolute Gasteiger partial charge is 0.333 e. The van der Waals surface area contributed by atoms with Gasteiger partial charge in [0.1, 0.15) is 6.04 Å². The molecule has 1 amide bonds. The number of benzene rings is 2. The molecule has 0 fully saturated rings. The molecule has 0 bridgehead atoms. The molecule has 0 radical (unpaired) electrons. The van der Waals surface area contributed by atoms with E-state index in [1.165, 1.54) is 12.1 Å². The number of carbonyl (C=O) groups excluding carboxylic acids is 1. The summed E-state index contributed by atoms with van der Waals surface area (Å²) < 4.78 is 23.1. The molecule has 0 aliphatic heterocycles.